The van der Waals surface area contributed by atoms with Crippen molar-refractivity contribution in [2.75, 3.05) is 20.7 Å². The van der Waals surface area contributed by atoms with Gasteiger partial charge in [-0.3, -0.25) is 4.90 Å². The van der Waals surface area contributed by atoms with Crippen molar-refractivity contribution in [3.8, 4) is 11.5 Å². The van der Waals surface area contributed by atoms with Crippen LogP contribution < -0.4 is 9.47 Å². The highest BCUT2D eigenvalue weighted by Gasteiger charge is 2.58. The maximum Gasteiger partial charge on any atom is 0.173 e. The smallest absolute Gasteiger partial charge is 0.173 e. The fraction of sp³-hybridized carbons (Fsp3) is 0.474. The van der Waals surface area contributed by atoms with Crippen molar-refractivity contribution in [2.45, 2.75) is 31.2 Å². The van der Waals surface area contributed by atoms with Crippen LogP contribution in [-0.4, -0.2) is 31.6 Å². The Bertz CT molecular complexity index is 748. The highest BCUT2D eigenvalue weighted by atomic mass is 16.5. The normalized spacial score (nSPS) is 34.5. The number of likely N-dealkylation sites (tertiary alicyclic amines) is 1. The number of hydrogen-bond acceptors (Lipinski definition) is 3. The fourth-order valence-electron chi connectivity index (χ4n) is 5.00. The Labute approximate surface area is 131 Å². The summed E-state index contributed by atoms with van der Waals surface area (Å²) in [4.78, 5) is 2.51. The largest absolute Gasteiger partial charge is 0.493 e. The molecule has 1 fully saturated rings. The lowest BCUT2D eigenvalue weighted by Crippen LogP contribution is -2.54. The van der Waals surface area contributed by atoms with E-state index in [-0.39, 0.29) is 5.41 Å². The maximum atomic E-state index is 6.38. The van der Waals surface area contributed by atoms with Crippen LogP contribution >= 0.6 is 0 Å². The number of likely N-dealkylation sites (N-methyl/N-ethyl adjacent to an activating group) is 1. The van der Waals surface area contributed by atoms with Crippen molar-refractivity contribution in [1.82, 2.24) is 4.90 Å². The zero-order valence-electron chi connectivity index (χ0n) is 13.3. The third kappa shape index (κ3) is 1.28. The highest BCUT2D eigenvalue weighted by molar-refractivity contribution is 5.69. The van der Waals surface area contributed by atoms with Crippen LogP contribution in [0, 0.1) is 5.92 Å². The monoisotopic (exact) mass is 295 g/mol. The molecule has 0 radical (unpaired) electrons. The van der Waals surface area contributed by atoms with E-state index in [2.05, 4.69) is 43.2 Å². The maximum absolute atomic E-state index is 6.38. The second kappa shape index (κ2) is 3.96. The molecule has 0 N–H and O–H groups in total. The molecule has 0 amide bonds. The van der Waals surface area contributed by atoms with Gasteiger partial charge in [0.25, 0.3) is 0 Å². The topological polar surface area (TPSA) is 21.7 Å². The molecule has 1 saturated heterocycles. The Hall–Kier alpha value is -1.74. The molecular weight excluding hydrogens is 274 g/mol. The van der Waals surface area contributed by atoms with Crippen LogP contribution in [0.25, 0.3) is 0 Å². The van der Waals surface area contributed by atoms with Gasteiger partial charge in [0.1, 0.15) is 5.76 Å². The Morgan fingerprint density at radius 2 is 2.18 bits per heavy atom. The molecule has 2 aliphatic carbocycles. The van der Waals surface area contributed by atoms with E-state index in [1.165, 1.54) is 11.1 Å². The van der Waals surface area contributed by atoms with Crippen LogP contribution in [0.15, 0.2) is 35.6 Å². The zero-order chi connectivity index (χ0) is 15.1. The van der Waals surface area contributed by atoms with Gasteiger partial charge < -0.3 is 9.47 Å². The third-order valence-corrected chi connectivity index (χ3v) is 5.98. The molecule has 1 aromatic carbocycles. The molecule has 114 valence electrons. The quantitative estimate of drug-likeness (QED) is 0.743. The number of allylic oxidation sites excluding steroid dienone is 3. The summed E-state index contributed by atoms with van der Waals surface area (Å²) in [6, 6.07) is 4.82. The van der Waals surface area contributed by atoms with Crippen LogP contribution in [0.4, 0.5) is 0 Å². The number of methoxy groups -OCH3 is 1. The molecule has 22 heavy (non-hydrogen) atoms. The standard InChI is InChI=1S/C19H21NO2/c1-11-8-13-14-10-12-4-5-15(21-3)18-17(12)19(13,6-7-20(14)2)16(9-11)22-18/h4-5,8-9,11,14H,6-7,10H2,1-3H3/t11-,14-,19+/m0/s1. The Morgan fingerprint density at radius 1 is 1.32 bits per heavy atom. The van der Waals surface area contributed by atoms with Crippen LogP contribution in [-0.2, 0) is 11.8 Å². The minimum Gasteiger partial charge on any atom is -0.493 e. The van der Waals surface area contributed by atoms with Crippen molar-refractivity contribution in [2.24, 2.45) is 5.92 Å². The molecule has 2 heterocycles. The van der Waals surface area contributed by atoms with E-state index < -0.39 is 0 Å². The van der Waals surface area contributed by atoms with Crippen LogP contribution in [0.5, 0.6) is 11.5 Å². The van der Waals surface area contributed by atoms with E-state index in [4.69, 9.17) is 9.47 Å². The van der Waals surface area contributed by atoms with Gasteiger partial charge in [-0.1, -0.05) is 19.1 Å². The number of hydrogen-bond donors (Lipinski definition) is 0. The van der Waals surface area contributed by atoms with E-state index >= 15 is 0 Å². The molecule has 3 atom stereocenters. The first-order chi connectivity index (χ1) is 10.6. The van der Waals surface area contributed by atoms with Gasteiger partial charge in [-0.25, -0.2) is 0 Å². The molecule has 0 unspecified atom stereocenters. The van der Waals surface area contributed by atoms with Gasteiger partial charge in [0.05, 0.1) is 12.5 Å². The van der Waals surface area contributed by atoms with Gasteiger partial charge in [0.2, 0.25) is 0 Å². The first-order valence-electron chi connectivity index (χ1n) is 8.18. The Morgan fingerprint density at radius 3 is 3.00 bits per heavy atom. The van der Waals surface area contributed by atoms with E-state index in [1.54, 1.807) is 12.7 Å². The van der Waals surface area contributed by atoms with Gasteiger partial charge in [0.15, 0.2) is 11.5 Å². The van der Waals surface area contributed by atoms with E-state index in [0.717, 1.165) is 36.6 Å². The molecule has 0 aromatic heterocycles. The summed E-state index contributed by atoms with van der Waals surface area (Å²) in [6.07, 6.45) is 6.97. The second-order valence-electron chi connectivity index (χ2n) is 7.10. The average Bonchev–Trinajstić information content (AvgIpc) is 2.83. The zero-order valence-corrected chi connectivity index (χ0v) is 13.3. The van der Waals surface area contributed by atoms with E-state index in [9.17, 15) is 0 Å². The van der Waals surface area contributed by atoms with Gasteiger partial charge in [-0.05, 0) is 49.1 Å². The second-order valence-corrected chi connectivity index (χ2v) is 7.10. The first kappa shape index (κ1) is 12.8. The van der Waals surface area contributed by atoms with E-state index in [1.807, 2.05) is 0 Å². The lowest BCUT2D eigenvalue weighted by atomic mass is 9.58. The molecule has 2 bridgehead atoms. The summed E-state index contributed by atoms with van der Waals surface area (Å²) >= 11 is 0. The van der Waals surface area contributed by atoms with Crippen molar-refractivity contribution < 1.29 is 9.47 Å². The van der Waals surface area contributed by atoms with Gasteiger partial charge in [-0.2, -0.15) is 0 Å². The summed E-state index contributed by atoms with van der Waals surface area (Å²) in [7, 11) is 3.99. The van der Waals surface area contributed by atoms with E-state index in [0.29, 0.717) is 12.0 Å². The number of benzene rings is 1. The number of piperidine rings is 1. The lowest BCUT2D eigenvalue weighted by Gasteiger charge is -2.51. The molecule has 4 aliphatic rings. The summed E-state index contributed by atoms with van der Waals surface area (Å²) in [5.74, 6) is 3.42. The van der Waals surface area contributed by atoms with Crippen LogP contribution in [0.2, 0.25) is 0 Å². The molecule has 2 aliphatic heterocycles. The summed E-state index contributed by atoms with van der Waals surface area (Å²) in [5.41, 5.74) is 4.37. The van der Waals surface area contributed by atoms with Crippen molar-refractivity contribution in [1.29, 1.82) is 0 Å². The molecule has 0 saturated carbocycles. The van der Waals surface area contributed by atoms with Crippen LogP contribution in [0.3, 0.4) is 0 Å². The molecular formula is C19H21NO2. The SMILES string of the molecule is COc1ccc2c3c1OC1=C[C@@H](C)C=C4[C@H](C2)N(C)CC[C@]143. The van der Waals surface area contributed by atoms with Crippen LogP contribution in [0.1, 0.15) is 24.5 Å². The minimum absolute atomic E-state index is 0.0128. The summed E-state index contributed by atoms with van der Waals surface area (Å²) < 4.78 is 12.0. The number of nitrogens with zero attached hydrogens (tertiary/aromatic N) is 1. The third-order valence-electron chi connectivity index (χ3n) is 5.98. The molecule has 3 nitrogen and oxygen atoms in total. The van der Waals surface area contributed by atoms with Crippen molar-refractivity contribution in [3.63, 3.8) is 0 Å². The molecule has 5 rings (SSSR count). The van der Waals surface area contributed by atoms with Crippen molar-refractivity contribution in [3.05, 3.63) is 46.7 Å². The average molecular weight is 295 g/mol. The van der Waals surface area contributed by atoms with Gasteiger partial charge in [0, 0.05) is 18.2 Å². The molecule has 1 aromatic rings. The predicted octanol–water partition coefficient (Wildman–Crippen LogP) is 3.05. The van der Waals surface area contributed by atoms with Gasteiger partial charge >= 0.3 is 0 Å². The van der Waals surface area contributed by atoms with Gasteiger partial charge in [-0.15, -0.1) is 0 Å². The van der Waals surface area contributed by atoms with Crippen molar-refractivity contribution >= 4 is 0 Å². The predicted molar refractivity (Wildman–Crippen MR) is 85.4 cm³/mol. The molecule has 1 spiro atoms. The minimum atomic E-state index is -0.0128. The summed E-state index contributed by atoms with van der Waals surface area (Å²) in [5, 5.41) is 0. The Balaban J connectivity index is 1.86. The number of rotatable bonds is 1. The lowest BCUT2D eigenvalue weighted by molar-refractivity contribution is 0.171. The summed E-state index contributed by atoms with van der Waals surface area (Å²) in [6.45, 7) is 3.37. The highest BCUT2D eigenvalue weighted by Crippen LogP contribution is 2.63. The fourth-order valence-corrected chi connectivity index (χ4v) is 5.00. The molecule has 3 heteroatoms. The Kier molecular flexibility index (Phi) is 2.30. The number of ether oxygens (including phenoxy) is 2. The first-order valence-corrected chi connectivity index (χ1v) is 8.18.